The second-order valence-electron chi connectivity index (χ2n) is 5.60. The van der Waals surface area contributed by atoms with Crippen LogP contribution in [-0.2, 0) is 6.54 Å². The molecule has 6 heteroatoms. The highest BCUT2D eigenvalue weighted by Crippen LogP contribution is 2.16. The fraction of sp³-hybridized carbons (Fsp3) is 0.800. The summed E-state index contributed by atoms with van der Waals surface area (Å²) in [5, 5.41) is 7.32. The predicted molar refractivity (Wildman–Crippen MR) is 81.9 cm³/mol. The Hall–Kier alpha value is -1.59. The summed E-state index contributed by atoms with van der Waals surface area (Å²) >= 11 is 0. The van der Waals surface area contributed by atoms with Crippen molar-refractivity contribution in [2.45, 2.75) is 65.0 Å². The number of carbonyl (C=O) groups is 1. The number of likely N-dealkylation sites (tertiary alicyclic amines) is 1. The molecule has 1 aromatic rings. The summed E-state index contributed by atoms with van der Waals surface area (Å²) in [4.78, 5) is 18.7. The Morgan fingerprint density at radius 3 is 2.52 bits per heavy atom. The number of aryl methyl sites for hydroxylation is 1. The van der Waals surface area contributed by atoms with Crippen molar-refractivity contribution < 1.29 is 4.79 Å². The van der Waals surface area contributed by atoms with Crippen LogP contribution in [0.5, 0.6) is 0 Å². The molecular formula is C15H27N5O. The van der Waals surface area contributed by atoms with Gasteiger partial charge in [0.05, 0.1) is 6.04 Å². The molecule has 1 atom stereocenters. The van der Waals surface area contributed by atoms with Gasteiger partial charge in [-0.1, -0.05) is 26.2 Å². The first-order valence-electron chi connectivity index (χ1n) is 8.19. The molecule has 0 radical (unpaired) electrons. The normalized spacial score (nSPS) is 17.9. The Morgan fingerprint density at radius 2 is 1.90 bits per heavy atom. The summed E-state index contributed by atoms with van der Waals surface area (Å²) in [5.74, 6) is 0.848. The Morgan fingerprint density at radius 1 is 1.24 bits per heavy atom. The van der Waals surface area contributed by atoms with Crippen LogP contribution in [0.25, 0.3) is 0 Å². The lowest BCUT2D eigenvalue weighted by molar-refractivity contribution is 0.187. The molecule has 2 rings (SSSR count). The first-order chi connectivity index (χ1) is 10.3. The topological polar surface area (TPSA) is 63.1 Å². The van der Waals surface area contributed by atoms with Crippen molar-refractivity contribution in [3.05, 3.63) is 12.2 Å². The third kappa shape index (κ3) is 4.19. The summed E-state index contributed by atoms with van der Waals surface area (Å²) < 4.78 is 1.85. The summed E-state index contributed by atoms with van der Waals surface area (Å²) in [6, 6.07) is -0.0280. The van der Waals surface area contributed by atoms with Gasteiger partial charge in [-0.05, 0) is 26.2 Å². The standard InChI is InChI=1S/C15H27N5O/c1-3-13(14-16-12-17-20(14)4-2)18-15(21)19-10-8-6-5-7-9-11-19/h12-13H,3-11H2,1-2H3,(H,18,21). The molecule has 6 nitrogen and oxygen atoms in total. The van der Waals surface area contributed by atoms with E-state index in [2.05, 4.69) is 22.3 Å². The molecule has 0 spiro atoms. The number of aromatic nitrogens is 3. The lowest BCUT2D eigenvalue weighted by atomic mass is 10.1. The summed E-state index contributed by atoms with van der Waals surface area (Å²) in [6.07, 6.45) is 8.34. The molecule has 21 heavy (non-hydrogen) atoms. The molecule has 0 saturated carbocycles. The summed E-state index contributed by atoms with van der Waals surface area (Å²) in [7, 11) is 0. The molecule has 2 heterocycles. The maximum atomic E-state index is 12.5. The molecule has 1 unspecified atom stereocenters. The summed E-state index contributed by atoms with van der Waals surface area (Å²) in [6.45, 7) is 6.59. The van der Waals surface area contributed by atoms with Crippen LogP contribution in [0.4, 0.5) is 4.79 Å². The van der Waals surface area contributed by atoms with E-state index in [0.29, 0.717) is 0 Å². The van der Waals surface area contributed by atoms with Crippen LogP contribution >= 0.6 is 0 Å². The quantitative estimate of drug-likeness (QED) is 0.928. The first kappa shape index (κ1) is 15.8. The lowest BCUT2D eigenvalue weighted by Crippen LogP contribution is -2.43. The van der Waals surface area contributed by atoms with Crippen LogP contribution in [0, 0.1) is 0 Å². The molecule has 1 aromatic heterocycles. The van der Waals surface area contributed by atoms with Gasteiger partial charge in [0.25, 0.3) is 0 Å². The van der Waals surface area contributed by atoms with E-state index in [1.165, 1.54) is 19.3 Å². The van der Waals surface area contributed by atoms with E-state index in [4.69, 9.17) is 0 Å². The van der Waals surface area contributed by atoms with E-state index in [9.17, 15) is 4.79 Å². The molecule has 118 valence electrons. The fourth-order valence-corrected chi connectivity index (χ4v) is 2.83. The van der Waals surface area contributed by atoms with Gasteiger partial charge in [0.1, 0.15) is 12.2 Å². The van der Waals surface area contributed by atoms with E-state index in [1.807, 2.05) is 16.5 Å². The molecule has 0 aliphatic carbocycles. The molecule has 0 bridgehead atoms. The van der Waals surface area contributed by atoms with E-state index in [-0.39, 0.29) is 12.1 Å². The van der Waals surface area contributed by atoms with Crippen LogP contribution in [0.1, 0.15) is 64.2 Å². The zero-order chi connectivity index (χ0) is 15.1. The van der Waals surface area contributed by atoms with E-state index in [1.54, 1.807) is 6.33 Å². The van der Waals surface area contributed by atoms with Gasteiger partial charge in [0, 0.05) is 19.6 Å². The van der Waals surface area contributed by atoms with Crippen molar-refractivity contribution in [1.29, 1.82) is 0 Å². The molecule has 1 aliphatic rings. The Kier molecular flexibility index (Phi) is 6.02. The van der Waals surface area contributed by atoms with Gasteiger partial charge in [0.15, 0.2) is 0 Å². The van der Waals surface area contributed by atoms with Crippen molar-refractivity contribution in [2.75, 3.05) is 13.1 Å². The summed E-state index contributed by atoms with van der Waals surface area (Å²) in [5.41, 5.74) is 0. The number of hydrogen-bond donors (Lipinski definition) is 1. The lowest BCUT2D eigenvalue weighted by Gasteiger charge is -2.27. The number of hydrogen-bond acceptors (Lipinski definition) is 3. The Bertz CT molecular complexity index is 437. The largest absolute Gasteiger partial charge is 0.328 e. The number of nitrogens with one attached hydrogen (secondary N) is 1. The average molecular weight is 293 g/mol. The van der Waals surface area contributed by atoms with Gasteiger partial charge in [-0.25, -0.2) is 14.5 Å². The van der Waals surface area contributed by atoms with Gasteiger partial charge in [-0.15, -0.1) is 0 Å². The second-order valence-corrected chi connectivity index (χ2v) is 5.60. The smallest absolute Gasteiger partial charge is 0.317 e. The predicted octanol–water partition coefficient (Wildman–Crippen LogP) is 2.72. The zero-order valence-electron chi connectivity index (χ0n) is 13.2. The van der Waals surface area contributed by atoms with Crippen LogP contribution in [0.2, 0.25) is 0 Å². The van der Waals surface area contributed by atoms with Crippen molar-refractivity contribution in [3.8, 4) is 0 Å². The minimum atomic E-state index is -0.0645. The van der Waals surface area contributed by atoms with Crippen molar-refractivity contribution in [2.24, 2.45) is 0 Å². The fourth-order valence-electron chi connectivity index (χ4n) is 2.83. The Balaban J connectivity index is 1.98. The highest BCUT2D eigenvalue weighted by molar-refractivity contribution is 5.74. The van der Waals surface area contributed by atoms with Crippen LogP contribution in [-0.4, -0.2) is 38.8 Å². The minimum Gasteiger partial charge on any atom is -0.328 e. The highest BCUT2D eigenvalue weighted by atomic mass is 16.2. The number of nitrogens with zero attached hydrogens (tertiary/aromatic N) is 4. The SMILES string of the molecule is CCC(NC(=O)N1CCCCCCC1)c1ncnn1CC. The molecule has 1 fully saturated rings. The molecule has 0 aromatic carbocycles. The van der Waals surface area contributed by atoms with Crippen molar-refractivity contribution in [3.63, 3.8) is 0 Å². The molecule has 1 saturated heterocycles. The average Bonchev–Trinajstić information content (AvgIpc) is 2.92. The third-order valence-electron chi connectivity index (χ3n) is 4.11. The van der Waals surface area contributed by atoms with Crippen LogP contribution < -0.4 is 5.32 Å². The van der Waals surface area contributed by atoms with Crippen molar-refractivity contribution >= 4 is 6.03 Å². The van der Waals surface area contributed by atoms with Gasteiger partial charge >= 0.3 is 6.03 Å². The van der Waals surface area contributed by atoms with Crippen LogP contribution in [0.3, 0.4) is 0 Å². The second kappa shape index (κ2) is 8.00. The van der Waals surface area contributed by atoms with E-state index in [0.717, 1.165) is 44.7 Å². The van der Waals surface area contributed by atoms with Gasteiger partial charge in [-0.2, -0.15) is 5.10 Å². The maximum Gasteiger partial charge on any atom is 0.317 e. The third-order valence-corrected chi connectivity index (χ3v) is 4.11. The van der Waals surface area contributed by atoms with Gasteiger partial charge in [-0.3, -0.25) is 0 Å². The van der Waals surface area contributed by atoms with Crippen molar-refractivity contribution in [1.82, 2.24) is 25.0 Å². The zero-order valence-corrected chi connectivity index (χ0v) is 13.2. The maximum absolute atomic E-state index is 12.5. The Labute approximate surface area is 126 Å². The minimum absolute atomic E-state index is 0.0365. The number of urea groups is 1. The number of rotatable bonds is 4. The van der Waals surface area contributed by atoms with E-state index < -0.39 is 0 Å². The molecule has 1 aliphatic heterocycles. The molecule has 2 amide bonds. The van der Waals surface area contributed by atoms with Gasteiger partial charge < -0.3 is 10.2 Å². The molecular weight excluding hydrogens is 266 g/mol. The van der Waals surface area contributed by atoms with Crippen LogP contribution in [0.15, 0.2) is 6.33 Å². The molecule has 1 N–H and O–H groups in total. The highest BCUT2D eigenvalue weighted by Gasteiger charge is 2.21. The van der Waals surface area contributed by atoms with Gasteiger partial charge in [0.2, 0.25) is 0 Å². The number of carbonyl (C=O) groups excluding carboxylic acids is 1. The van der Waals surface area contributed by atoms with E-state index >= 15 is 0 Å². The first-order valence-corrected chi connectivity index (χ1v) is 8.19. The number of amides is 2. The monoisotopic (exact) mass is 293 g/mol.